The number of anilines is 1. The molecule has 3 aromatic rings. The van der Waals surface area contributed by atoms with Gasteiger partial charge >= 0.3 is 0 Å². The van der Waals surface area contributed by atoms with Crippen LogP contribution in [0.5, 0.6) is 0 Å². The minimum absolute atomic E-state index is 0.0239. The van der Waals surface area contributed by atoms with Crippen molar-refractivity contribution in [3.8, 4) is 0 Å². The van der Waals surface area contributed by atoms with Crippen molar-refractivity contribution < 1.29 is 8.83 Å². The van der Waals surface area contributed by atoms with Crippen LogP contribution in [0.4, 0.5) is 5.69 Å². The van der Waals surface area contributed by atoms with Crippen molar-refractivity contribution in [3.05, 3.63) is 77.6 Å². The molecular weight excluding hydrogens is 344 g/mol. The summed E-state index contributed by atoms with van der Waals surface area (Å²) in [6.45, 7) is 6.88. The number of nitrogens with one attached hydrogen (secondary N) is 1. The third-order valence-corrected chi connectivity index (χ3v) is 4.90. The van der Waals surface area contributed by atoms with Gasteiger partial charge in [-0.15, -0.1) is 0 Å². The monoisotopic (exact) mass is 368 g/mol. The summed E-state index contributed by atoms with van der Waals surface area (Å²) >= 11 is 5.78. The molecule has 0 aliphatic heterocycles. The molecule has 2 aromatic heterocycles. The summed E-state index contributed by atoms with van der Waals surface area (Å²) < 4.78 is 11.1. The fraction of sp³-hybridized carbons (Fsp3) is 0.286. The molecule has 3 rings (SSSR count). The van der Waals surface area contributed by atoms with E-state index in [0.29, 0.717) is 11.7 Å². The van der Waals surface area contributed by atoms with Gasteiger partial charge in [0.15, 0.2) is 5.11 Å². The third kappa shape index (κ3) is 3.99. The topological polar surface area (TPSA) is 41.5 Å². The van der Waals surface area contributed by atoms with Crippen LogP contribution in [0.1, 0.15) is 42.5 Å². The molecule has 2 heterocycles. The number of nitrogens with zero attached hydrogens (tertiary/aromatic N) is 1. The number of hydrogen-bond donors (Lipinski definition) is 1. The molecule has 136 valence electrons. The van der Waals surface area contributed by atoms with Crippen LogP contribution in [0.2, 0.25) is 0 Å². The first-order valence-electron chi connectivity index (χ1n) is 8.82. The number of furan rings is 2. The van der Waals surface area contributed by atoms with Gasteiger partial charge in [0.2, 0.25) is 0 Å². The van der Waals surface area contributed by atoms with Gasteiger partial charge in [-0.3, -0.25) is 0 Å². The Hall–Kier alpha value is -2.53. The first kappa shape index (κ1) is 18.3. The van der Waals surface area contributed by atoms with E-state index in [1.165, 1.54) is 11.1 Å². The Labute approximate surface area is 159 Å². The maximum atomic E-state index is 5.78. The van der Waals surface area contributed by atoms with Crippen LogP contribution in [0.25, 0.3) is 0 Å². The van der Waals surface area contributed by atoms with Crippen molar-refractivity contribution in [2.75, 3.05) is 5.32 Å². The van der Waals surface area contributed by atoms with Gasteiger partial charge < -0.3 is 19.1 Å². The molecule has 0 bridgehead atoms. The Kier molecular flexibility index (Phi) is 5.78. The summed E-state index contributed by atoms with van der Waals surface area (Å²) in [5.41, 5.74) is 3.50. The van der Waals surface area contributed by atoms with E-state index in [4.69, 9.17) is 21.1 Å². The van der Waals surface area contributed by atoms with Gasteiger partial charge in [0.05, 0.1) is 25.1 Å². The number of para-hydroxylation sites is 1. The van der Waals surface area contributed by atoms with E-state index >= 15 is 0 Å². The fourth-order valence-corrected chi connectivity index (χ4v) is 3.34. The molecule has 1 unspecified atom stereocenters. The average Bonchev–Trinajstić information content (AvgIpc) is 3.34. The SMILES string of the molecule is CCc1cccc(C)c1NC(=S)N(Cc1ccco1)C(C)c1ccco1. The molecular formula is C21H24N2O2S. The van der Waals surface area contributed by atoms with Crippen LogP contribution in [0.15, 0.2) is 63.8 Å². The van der Waals surface area contributed by atoms with E-state index in [2.05, 4.69) is 49.2 Å². The van der Waals surface area contributed by atoms with Crippen LogP contribution in [-0.4, -0.2) is 10.0 Å². The summed E-state index contributed by atoms with van der Waals surface area (Å²) in [5, 5.41) is 4.11. The summed E-state index contributed by atoms with van der Waals surface area (Å²) in [6.07, 6.45) is 4.31. The molecule has 0 spiro atoms. The molecule has 1 N–H and O–H groups in total. The molecule has 0 radical (unpaired) electrons. The predicted molar refractivity (Wildman–Crippen MR) is 108 cm³/mol. The maximum Gasteiger partial charge on any atom is 0.174 e. The minimum atomic E-state index is -0.0239. The molecule has 0 aliphatic carbocycles. The average molecular weight is 369 g/mol. The first-order chi connectivity index (χ1) is 12.6. The van der Waals surface area contributed by atoms with Crippen molar-refractivity contribution in [1.29, 1.82) is 0 Å². The molecule has 0 saturated heterocycles. The van der Waals surface area contributed by atoms with Gasteiger partial charge in [-0.2, -0.15) is 0 Å². The van der Waals surface area contributed by atoms with Gasteiger partial charge in [0, 0.05) is 5.69 Å². The maximum absolute atomic E-state index is 5.78. The third-order valence-electron chi connectivity index (χ3n) is 4.56. The van der Waals surface area contributed by atoms with Crippen molar-refractivity contribution in [2.24, 2.45) is 0 Å². The molecule has 0 amide bonds. The van der Waals surface area contributed by atoms with Crippen molar-refractivity contribution in [2.45, 2.75) is 39.8 Å². The largest absolute Gasteiger partial charge is 0.467 e. The summed E-state index contributed by atoms with van der Waals surface area (Å²) in [5.74, 6) is 1.72. The Morgan fingerprint density at radius 3 is 2.54 bits per heavy atom. The van der Waals surface area contributed by atoms with E-state index < -0.39 is 0 Å². The number of hydrogen-bond acceptors (Lipinski definition) is 3. The highest BCUT2D eigenvalue weighted by Gasteiger charge is 2.23. The zero-order valence-corrected chi connectivity index (χ0v) is 16.2. The normalized spacial score (nSPS) is 12.0. The fourth-order valence-electron chi connectivity index (χ4n) is 3.02. The zero-order chi connectivity index (χ0) is 18.5. The number of thiocarbonyl (C=S) groups is 1. The predicted octanol–water partition coefficient (Wildman–Crippen LogP) is 5.70. The second kappa shape index (κ2) is 8.23. The molecule has 4 nitrogen and oxygen atoms in total. The van der Waals surface area contributed by atoms with Gasteiger partial charge in [-0.25, -0.2) is 0 Å². The van der Waals surface area contributed by atoms with Crippen molar-refractivity contribution in [1.82, 2.24) is 4.90 Å². The zero-order valence-electron chi connectivity index (χ0n) is 15.4. The van der Waals surface area contributed by atoms with Crippen LogP contribution >= 0.6 is 12.2 Å². The molecule has 0 saturated carbocycles. The Morgan fingerprint density at radius 2 is 1.88 bits per heavy atom. The Morgan fingerprint density at radius 1 is 1.12 bits per heavy atom. The van der Waals surface area contributed by atoms with Gasteiger partial charge in [-0.1, -0.05) is 25.1 Å². The highest BCUT2D eigenvalue weighted by atomic mass is 32.1. The molecule has 5 heteroatoms. The standard InChI is InChI=1S/C21H24N2O2S/c1-4-17-9-5-8-15(2)20(17)22-21(26)23(14-18-10-6-12-24-18)16(3)19-11-7-13-25-19/h5-13,16H,4,14H2,1-3H3,(H,22,26). The molecule has 1 atom stereocenters. The van der Waals surface area contributed by atoms with E-state index in [1.54, 1.807) is 12.5 Å². The smallest absolute Gasteiger partial charge is 0.174 e. The lowest BCUT2D eigenvalue weighted by Gasteiger charge is -2.30. The quantitative estimate of drug-likeness (QED) is 0.565. The number of rotatable bonds is 6. The molecule has 0 aliphatic rings. The van der Waals surface area contributed by atoms with Crippen molar-refractivity contribution >= 4 is 23.0 Å². The summed E-state index contributed by atoms with van der Waals surface area (Å²) in [4.78, 5) is 2.08. The van der Waals surface area contributed by atoms with Crippen molar-refractivity contribution in [3.63, 3.8) is 0 Å². The molecule has 26 heavy (non-hydrogen) atoms. The molecule has 0 fully saturated rings. The second-order valence-electron chi connectivity index (χ2n) is 6.29. The van der Waals surface area contributed by atoms with Crippen LogP contribution < -0.4 is 5.32 Å². The number of aryl methyl sites for hydroxylation is 2. The van der Waals surface area contributed by atoms with E-state index in [1.807, 2.05) is 24.3 Å². The van der Waals surface area contributed by atoms with Gasteiger partial charge in [0.25, 0.3) is 0 Å². The number of benzene rings is 1. The van der Waals surface area contributed by atoms with Crippen LogP contribution in [0, 0.1) is 6.92 Å². The Bertz CT molecular complexity index is 841. The van der Waals surface area contributed by atoms with E-state index in [9.17, 15) is 0 Å². The molecule has 1 aromatic carbocycles. The van der Waals surface area contributed by atoms with Crippen LogP contribution in [-0.2, 0) is 13.0 Å². The van der Waals surface area contributed by atoms with Gasteiger partial charge in [-0.05, 0) is 67.9 Å². The Balaban J connectivity index is 1.87. The van der Waals surface area contributed by atoms with E-state index in [0.717, 1.165) is 23.6 Å². The summed E-state index contributed by atoms with van der Waals surface area (Å²) in [6, 6.07) is 14.0. The lowest BCUT2D eigenvalue weighted by molar-refractivity contribution is 0.269. The van der Waals surface area contributed by atoms with Gasteiger partial charge in [0.1, 0.15) is 11.5 Å². The summed E-state index contributed by atoms with van der Waals surface area (Å²) in [7, 11) is 0. The first-order valence-corrected chi connectivity index (χ1v) is 9.22. The van der Waals surface area contributed by atoms with E-state index in [-0.39, 0.29) is 6.04 Å². The highest BCUT2D eigenvalue weighted by Crippen LogP contribution is 2.26. The lowest BCUT2D eigenvalue weighted by Crippen LogP contribution is -2.36. The highest BCUT2D eigenvalue weighted by molar-refractivity contribution is 7.80. The lowest BCUT2D eigenvalue weighted by atomic mass is 10.1. The van der Waals surface area contributed by atoms with Crippen LogP contribution in [0.3, 0.4) is 0 Å². The minimum Gasteiger partial charge on any atom is -0.467 e. The second-order valence-corrected chi connectivity index (χ2v) is 6.68.